The van der Waals surface area contributed by atoms with Crippen molar-refractivity contribution in [2.75, 3.05) is 13.1 Å². The number of aliphatic carboxylic acids is 1. The van der Waals surface area contributed by atoms with Crippen molar-refractivity contribution < 1.29 is 19.5 Å². The number of amides is 2. The van der Waals surface area contributed by atoms with E-state index in [2.05, 4.69) is 5.32 Å². The lowest BCUT2D eigenvalue weighted by atomic mass is 9.81. The van der Waals surface area contributed by atoms with Crippen LogP contribution in [0.3, 0.4) is 0 Å². The van der Waals surface area contributed by atoms with Gasteiger partial charge in [-0.15, -0.1) is 0 Å². The summed E-state index contributed by atoms with van der Waals surface area (Å²) in [5.74, 6) is -1.84. The molecule has 7 heteroatoms. The van der Waals surface area contributed by atoms with E-state index in [0.29, 0.717) is 31.0 Å². The van der Waals surface area contributed by atoms with Crippen molar-refractivity contribution in [2.45, 2.75) is 45.1 Å². The predicted molar refractivity (Wildman–Crippen MR) is 99.0 cm³/mol. The molecule has 3 atom stereocenters. The molecule has 2 amide bonds. The van der Waals surface area contributed by atoms with Crippen LogP contribution in [0.25, 0.3) is 0 Å². The summed E-state index contributed by atoms with van der Waals surface area (Å²) in [4.78, 5) is 37.1. The summed E-state index contributed by atoms with van der Waals surface area (Å²) < 4.78 is 0. The lowest BCUT2D eigenvalue weighted by molar-refractivity contribution is -0.148. The molecule has 0 spiro atoms. The molecule has 1 aliphatic heterocycles. The van der Waals surface area contributed by atoms with Gasteiger partial charge in [0.25, 0.3) is 0 Å². The number of likely N-dealkylation sites (tertiary alicyclic amines) is 1. The molecule has 2 N–H and O–H groups in total. The third-order valence-corrected chi connectivity index (χ3v) is 5.09. The molecular formula is C19H25ClN2O4. The van der Waals surface area contributed by atoms with Crippen molar-refractivity contribution in [1.29, 1.82) is 0 Å². The maximum Gasteiger partial charge on any atom is 0.304 e. The quantitative estimate of drug-likeness (QED) is 0.761. The lowest BCUT2D eigenvalue weighted by Gasteiger charge is -2.41. The highest BCUT2D eigenvalue weighted by Gasteiger charge is 2.38. The fourth-order valence-corrected chi connectivity index (χ4v) is 3.73. The van der Waals surface area contributed by atoms with Crippen molar-refractivity contribution in [3.63, 3.8) is 0 Å². The molecule has 1 unspecified atom stereocenters. The fraction of sp³-hybridized carbons (Fsp3) is 0.526. The van der Waals surface area contributed by atoms with Crippen LogP contribution in [0.4, 0.5) is 0 Å². The van der Waals surface area contributed by atoms with Crippen LogP contribution in [-0.4, -0.2) is 46.9 Å². The van der Waals surface area contributed by atoms with Gasteiger partial charge < -0.3 is 15.3 Å². The zero-order valence-electron chi connectivity index (χ0n) is 15.1. The van der Waals surface area contributed by atoms with Crippen LogP contribution >= 0.6 is 11.6 Å². The number of rotatable bonds is 7. The van der Waals surface area contributed by atoms with Gasteiger partial charge in [-0.05, 0) is 30.5 Å². The molecule has 1 saturated heterocycles. The Kier molecular flexibility index (Phi) is 7.03. The molecule has 0 aliphatic carbocycles. The van der Waals surface area contributed by atoms with Crippen molar-refractivity contribution in [3.05, 3.63) is 34.9 Å². The van der Waals surface area contributed by atoms with E-state index in [-0.39, 0.29) is 30.2 Å². The summed E-state index contributed by atoms with van der Waals surface area (Å²) >= 11 is 6.10. The van der Waals surface area contributed by atoms with Gasteiger partial charge >= 0.3 is 5.97 Å². The Labute approximate surface area is 158 Å². The number of nitrogens with one attached hydrogen (secondary N) is 1. The zero-order chi connectivity index (χ0) is 19.3. The van der Waals surface area contributed by atoms with Gasteiger partial charge in [-0.2, -0.15) is 0 Å². The number of nitrogens with zero attached hydrogens (tertiary/aromatic N) is 1. The molecule has 0 bridgehead atoms. The third kappa shape index (κ3) is 5.21. The second-order valence-corrected chi connectivity index (χ2v) is 7.21. The first-order chi connectivity index (χ1) is 12.3. The fourth-order valence-electron chi connectivity index (χ4n) is 3.53. The minimum atomic E-state index is -0.982. The monoisotopic (exact) mass is 380 g/mol. The van der Waals surface area contributed by atoms with Crippen molar-refractivity contribution in [3.8, 4) is 0 Å². The van der Waals surface area contributed by atoms with E-state index in [0.717, 1.165) is 5.56 Å². The first kappa shape index (κ1) is 20.2. The van der Waals surface area contributed by atoms with Crippen LogP contribution in [0.15, 0.2) is 24.3 Å². The molecule has 6 nitrogen and oxygen atoms in total. The average Bonchev–Trinajstić information content (AvgIpc) is 2.57. The van der Waals surface area contributed by atoms with E-state index in [4.69, 9.17) is 11.6 Å². The van der Waals surface area contributed by atoms with Gasteiger partial charge in [-0.25, -0.2) is 0 Å². The van der Waals surface area contributed by atoms with Crippen LogP contribution in [-0.2, 0) is 14.4 Å². The maximum atomic E-state index is 12.9. The molecular weight excluding hydrogens is 356 g/mol. The predicted octanol–water partition coefficient (Wildman–Crippen LogP) is 2.66. The minimum Gasteiger partial charge on any atom is -0.481 e. The third-order valence-electron chi connectivity index (χ3n) is 4.86. The van der Waals surface area contributed by atoms with E-state index in [1.54, 1.807) is 11.0 Å². The van der Waals surface area contributed by atoms with Crippen LogP contribution < -0.4 is 5.32 Å². The van der Waals surface area contributed by atoms with Crippen LogP contribution in [0.1, 0.15) is 44.6 Å². The van der Waals surface area contributed by atoms with Crippen molar-refractivity contribution in [1.82, 2.24) is 10.2 Å². The molecule has 0 saturated carbocycles. The summed E-state index contributed by atoms with van der Waals surface area (Å²) in [5.41, 5.74) is 1.000. The van der Waals surface area contributed by atoms with Gasteiger partial charge in [0.15, 0.2) is 0 Å². The van der Waals surface area contributed by atoms with Gasteiger partial charge in [0, 0.05) is 42.9 Å². The summed E-state index contributed by atoms with van der Waals surface area (Å²) in [5, 5.41) is 12.6. The number of benzene rings is 1. The Balaban J connectivity index is 2.27. The summed E-state index contributed by atoms with van der Waals surface area (Å²) in [6.07, 6.45) is 0.968. The second kappa shape index (κ2) is 9.03. The van der Waals surface area contributed by atoms with Crippen molar-refractivity contribution >= 4 is 29.4 Å². The average molecular weight is 381 g/mol. The van der Waals surface area contributed by atoms with Gasteiger partial charge in [0.1, 0.15) is 0 Å². The molecule has 2 rings (SSSR count). The molecule has 1 aromatic carbocycles. The van der Waals surface area contributed by atoms with Gasteiger partial charge in [-0.3, -0.25) is 14.4 Å². The van der Waals surface area contributed by atoms with Gasteiger partial charge in [-0.1, -0.05) is 30.7 Å². The van der Waals surface area contributed by atoms with E-state index < -0.39 is 11.9 Å². The molecule has 1 heterocycles. The SMILES string of the molecule is CCC(CNC(C)=O)N1C[C@@H](c2cccc(Cl)c2)C[C@H](CC(=O)O)C1=O. The summed E-state index contributed by atoms with van der Waals surface area (Å²) in [7, 11) is 0. The Morgan fingerprint density at radius 3 is 2.73 bits per heavy atom. The highest BCUT2D eigenvalue weighted by atomic mass is 35.5. The minimum absolute atomic E-state index is 0.0159. The van der Waals surface area contributed by atoms with Crippen LogP contribution in [0, 0.1) is 5.92 Å². The molecule has 26 heavy (non-hydrogen) atoms. The zero-order valence-corrected chi connectivity index (χ0v) is 15.8. The smallest absolute Gasteiger partial charge is 0.304 e. The normalized spacial score (nSPS) is 21.3. The van der Waals surface area contributed by atoms with Crippen molar-refractivity contribution in [2.24, 2.45) is 5.92 Å². The highest BCUT2D eigenvalue weighted by Crippen LogP contribution is 2.35. The van der Waals surface area contributed by atoms with Crippen LogP contribution in [0.5, 0.6) is 0 Å². The molecule has 1 aliphatic rings. The van der Waals surface area contributed by atoms with Gasteiger partial charge in [0.05, 0.1) is 6.42 Å². The molecule has 142 valence electrons. The largest absolute Gasteiger partial charge is 0.481 e. The van der Waals surface area contributed by atoms with E-state index in [9.17, 15) is 19.5 Å². The summed E-state index contributed by atoms with van der Waals surface area (Å²) in [6.45, 7) is 4.24. The van der Waals surface area contributed by atoms with E-state index in [1.165, 1.54) is 6.92 Å². The first-order valence-corrected chi connectivity index (χ1v) is 9.21. The Bertz CT molecular complexity index is 679. The highest BCUT2D eigenvalue weighted by molar-refractivity contribution is 6.30. The number of halogens is 1. The molecule has 0 aromatic heterocycles. The number of hydrogen-bond acceptors (Lipinski definition) is 3. The molecule has 1 aromatic rings. The topological polar surface area (TPSA) is 86.7 Å². The van der Waals surface area contributed by atoms with E-state index >= 15 is 0 Å². The number of piperidine rings is 1. The molecule has 1 fully saturated rings. The maximum absolute atomic E-state index is 12.9. The number of carbonyl (C=O) groups is 3. The number of hydrogen-bond donors (Lipinski definition) is 2. The van der Waals surface area contributed by atoms with Gasteiger partial charge in [0.2, 0.25) is 11.8 Å². The van der Waals surface area contributed by atoms with E-state index in [1.807, 2.05) is 25.1 Å². The Hall–Kier alpha value is -2.08. The van der Waals surface area contributed by atoms with Crippen LogP contribution in [0.2, 0.25) is 5.02 Å². The lowest BCUT2D eigenvalue weighted by Crippen LogP contribution is -2.53. The number of carbonyl (C=O) groups excluding carboxylic acids is 2. The molecule has 0 radical (unpaired) electrons. The summed E-state index contributed by atoms with van der Waals surface area (Å²) in [6, 6.07) is 7.31. The Morgan fingerprint density at radius 1 is 1.42 bits per heavy atom. The second-order valence-electron chi connectivity index (χ2n) is 6.77. The standard InChI is InChI=1S/C19H25ClN2O4/c1-3-17(10-21-12(2)23)22-11-15(13-5-4-6-16(20)8-13)7-14(19(22)26)9-18(24)25/h4-6,8,14-15,17H,3,7,9-11H2,1-2H3,(H,21,23)(H,24,25)/t14-,15+,17?/m1/s1. The Morgan fingerprint density at radius 2 is 2.15 bits per heavy atom. The first-order valence-electron chi connectivity index (χ1n) is 8.84. The number of carboxylic acids is 1. The number of carboxylic acid groups (broad SMARTS) is 1.